The molecule has 0 bridgehead atoms. The summed E-state index contributed by atoms with van der Waals surface area (Å²) in [4.78, 5) is 0. The Morgan fingerprint density at radius 3 is 1.71 bits per heavy atom. The monoisotopic (exact) mass is 460 g/mol. The number of benzene rings is 2. The van der Waals surface area contributed by atoms with Crippen molar-refractivity contribution in [3.05, 3.63) is 53.6 Å². The van der Waals surface area contributed by atoms with E-state index in [1.807, 2.05) is 30.3 Å². The molecule has 5 nitrogen and oxygen atoms in total. The van der Waals surface area contributed by atoms with Crippen LogP contribution >= 0.6 is 24.4 Å². The fraction of sp³-hybridized carbons (Fsp3) is 0.417. The molecule has 0 aliphatic carbocycles. The molecule has 0 fully saturated rings. The number of anilines is 1. The van der Waals surface area contributed by atoms with Crippen LogP contribution in [0.25, 0.3) is 0 Å². The minimum absolute atomic E-state index is 0.000000000000000222. The van der Waals surface area contributed by atoms with Gasteiger partial charge < -0.3 is 26.8 Å². The average molecular weight is 461 g/mol. The largest absolute Gasteiger partial charge is 0.457 e. The van der Waals surface area contributed by atoms with E-state index in [0.717, 1.165) is 17.2 Å². The number of ether oxygens (including phenoxy) is 1. The molecule has 0 aliphatic heterocycles. The minimum atomic E-state index is -0.0869. The van der Waals surface area contributed by atoms with Crippen molar-refractivity contribution in [3.63, 3.8) is 0 Å². The number of nitrogens with one attached hydrogen (secondary N) is 2. The van der Waals surface area contributed by atoms with Crippen LogP contribution < -0.4 is 26.8 Å². The van der Waals surface area contributed by atoms with Crippen molar-refractivity contribution in [1.29, 1.82) is 0 Å². The molecular formula is C24H36N4OS2. The van der Waals surface area contributed by atoms with Crippen LogP contribution in [0.5, 0.6) is 11.5 Å². The van der Waals surface area contributed by atoms with Gasteiger partial charge in [-0.2, -0.15) is 0 Å². The molecule has 31 heavy (non-hydrogen) atoms. The fourth-order valence-corrected chi connectivity index (χ4v) is 3.29. The molecule has 7 heteroatoms. The fourth-order valence-electron chi connectivity index (χ4n) is 2.88. The molecule has 2 rings (SSSR count). The molecular weight excluding hydrogens is 424 g/mol. The van der Waals surface area contributed by atoms with Gasteiger partial charge in [0, 0.05) is 11.2 Å². The van der Waals surface area contributed by atoms with Crippen LogP contribution in [0.4, 0.5) is 5.69 Å². The maximum absolute atomic E-state index is 6.12. The number of hydrogen-bond donors (Lipinski definition) is 4. The lowest BCUT2D eigenvalue weighted by molar-refractivity contribution is 0.480. The standard InChI is InChI=1S/C23H32N2OS.CH4N2S/c1-15(2)19-13-18(26-17-11-9-8-10-12-17)14-20(16(3)4)21(19)24-22(27)25-23(5,6)7;2-1(3)4/h8-16H,1-7H3,(H2,24,25,27);(H4,2,3,4). The Labute approximate surface area is 197 Å². The van der Waals surface area contributed by atoms with Gasteiger partial charge in [-0.25, -0.2) is 0 Å². The van der Waals surface area contributed by atoms with Crippen molar-refractivity contribution >= 4 is 40.3 Å². The molecule has 0 unspecified atom stereocenters. The van der Waals surface area contributed by atoms with Crippen LogP contribution in [0, 0.1) is 0 Å². The predicted octanol–water partition coefficient (Wildman–Crippen LogP) is 6.00. The van der Waals surface area contributed by atoms with E-state index in [9.17, 15) is 0 Å². The first-order chi connectivity index (χ1) is 14.3. The third-order valence-corrected chi connectivity index (χ3v) is 4.33. The molecule has 0 saturated heterocycles. The Morgan fingerprint density at radius 1 is 0.871 bits per heavy atom. The summed E-state index contributed by atoms with van der Waals surface area (Å²) in [5.74, 6) is 2.37. The van der Waals surface area contributed by atoms with Crippen LogP contribution in [0.3, 0.4) is 0 Å². The molecule has 0 radical (unpaired) electrons. The second-order valence-electron chi connectivity index (χ2n) is 8.93. The van der Waals surface area contributed by atoms with E-state index in [0.29, 0.717) is 16.9 Å². The van der Waals surface area contributed by atoms with Crippen molar-refractivity contribution in [3.8, 4) is 11.5 Å². The smallest absolute Gasteiger partial charge is 0.171 e. The lowest BCUT2D eigenvalue weighted by Gasteiger charge is -2.27. The van der Waals surface area contributed by atoms with E-state index in [1.54, 1.807) is 0 Å². The highest BCUT2D eigenvalue weighted by Gasteiger charge is 2.19. The van der Waals surface area contributed by atoms with Crippen molar-refractivity contribution in [2.75, 3.05) is 5.32 Å². The topological polar surface area (TPSA) is 85.3 Å². The third kappa shape index (κ3) is 9.98. The van der Waals surface area contributed by atoms with Crippen LogP contribution in [0.1, 0.15) is 71.4 Å². The van der Waals surface area contributed by atoms with Gasteiger partial charge >= 0.3 is 0 Å². The summed E-state index contributed by atoms with van der Waals surface area (Å²) in [7, 11) is 0. The van der Waals surface area contributed by atoms with E-state index >= 15 is 0 Å². The number of hydrogen-bond acceptors (Lipinski definition) is 3. The maximum atomic E-state index is 6.12. The summed E-state index contributed by atoms with van der Waals surface area (Å²) in [6.07, 6.45) is 0. The van der Waals surface area contributed by atoms with Gasteiger partial charge in [-0.05, 0) is 92.4 Å². The average Bonchev–Trinajstić information content (AvgIpc) is 2.61. The van der Waals surface area contributed by atoms with Crippen LogP contribution in [-0.2, 0) is 0 Å². The number of rotatable bonds is 5. The van der Waals surface area contributed by atoms with Crippen LogP contribution in [0.15, 0.2) is 42.5 Å². The molecule has 2 aromatic carbocycles. The zero-order valence-electron chi connectivity index (χ0n) is 19.6. The van der Waals surface area contributed by atoms with Gasteiger partial charge in [0.1, 0.15) is 11.5 Å². The molecule has 170 valence electrons. The Kier molecular flexibility index (Phi) is 10.2. The first-order valence-electron chi connectivity index (χ1n) is 10.3. The molecule has 0 aliphatic rings. The summed E-state index contributed by atoms with van der Waals surface area (Å²) < 4.78 is 6.12. The lowest BCUT2D eigenvalue weighted by atomic mass is 9.92. The molecule has 0 spiro atoms. The highest BCUT2D eigenvalue weighted by molar-refractivity contribution is 7.80. The van der Waals surface area contributed by atoms with E-state index in [2.05, 4.69) is 94.9 Å². The third-order valence-electron chi connectivity index (χ3n) is 4.12. The van der Waals surface area contributed by atoms with Gasteiger partial charge in [-0.1, -0.05) is 45.9 Å². The summed E-state index contributed by atoms with van der Waals surface area (Å²) in [6.45, 7) is 15.1. The lowest BCUT2D eigenvalue weighted by Crippen LogP contribution is -2.43. The molecule has 0 aromatic heterocycles. The molecule has 0 saturated carbocycles. The molecule has 0 amide bonds. The van der Waals surface area contributed by atoms with Gasteiger partial charge in [0.05, 0.1) is 0 Å². The van der Waals surface area contributed by atoms with Gasteiger partial charge in [0.2, 0.25) is 0 Å². The highest BCUT2D eigenvalue weighted by atomic mass is 32.1. The van der Waals surface area contributed by atoms with Crippen LogP contribution in [0.2, 0.25) is 0 Å². The summed E-state index contributed by atoms with van der Waals surface area (Å²) in [5, 5.41) is 7.44. The first kappa shape index (κ1) is 26.7. The molecule has 0 heterocycles. The number of nitrogens with two attached hydrogens (primary N) is 2. The Morgan fingerprint density at radius 2 is 1.32 bits per heavy atom. The number of para-hydroxylation sites is 1. The van der Waals surface area contributed by atoms with Crippen LogP contribution in [-0.4, -0.2) is 15.8 Å². The van der Waals surface area contributed by atoms with E-state index < -0.39 is 0 Å². The van der Waals surface area contributed by atoms with Gasteiger partial charge in [-0.15, -0.1) is 0 Å². The minimum Gasteiger partial charge on any atom is -0.457 e. The Hall–Kier alpha value is -2.38. The normalized spacial score (nSPS) is 10.9. The van der Waals surface area contributed by atoms with Gasteiger partial charge in [0.25, 0.3) is 0 Å². The predicted molar refractivity (Wildman–Crippen MR) is 141 cm³/mol. The zero-order valence-corrected chi connectivity index (χ0v) is 21.2. The Balaban J connectivity index is 0.00000110. The second-order valence-corrected chi connectivity index (χ2v) is 9.81. The Bertz CT molecular complexity index is 842. The molecule has 0 atom stereocenters. The van der Waals surface area contributed by atoms with Crippen molar-refractivity contribution in [1.82, 2.24) is 5.32 Å². The highest BCUT2D eigenvalue weighted by Crippen LogP contribution is 2.37. The van der Waals surface area contributed by atoms with Gasteiger partial charge in [-0.3, -0.25) is 0 Å². The van der Waals surface area contributed by atoms with Crippen molar-refractivity contribution < 1.29 is 4.74 Å². The van der Waals surface area contributed by atoms with Crippen molar-refractivity contribution in [2.45, 2.75) is 65.8 Å². The molecule has 6 N–H and O–H groups in total. The van der Waals surface area contributed by atoms with Crippen molar-refractivity contribution in [2.24, 2.45) is 11.5 Å². The first-order valence-corrected chi connectivity index (χ1v) is 11.2. The maximum Gasteiger partial charge on any atom is 0.171 e. The van der Waals surface area contributed by atoms with E-state index in [1.165, 1.54) is 11.1 Å². The summed E-state index contributed by atoms with van der Waals surface area (Å²) in [5.41, 5.74) is 12.6. The van der Waals surface area contributed by atoms with E-state index in [-0.39, 0.29) is 10.7 Å². The summed E-state index contributed by atoms with van der Waals surface area (Å²) >= 11 is 9.65. The van der Waals surface area contributed by atoms with E-state index in [4.69, 9.17) is 17.0 Å². The van der Waals surface area contributed by atoms with Gasteiger partial charge in [0.15, 0.2) is 10.2 Å². The summed E-state index contributed by atoms with van der Waals surface area (Å²) in [6, 6.07) is 14.1. The molecule has 2 aromatic rings. The second kappa shape index (κ2) is 11.9. The SMILES string of the molecule is CC(C)c1cc(Oc2ccccc2)cc(C(C)C)c1NC(=S)NC(C)(C)C.NC(N)=S. The zero-order chi connectivity index (χ0) is 23.8. The quantitative estimate of drug-likeness (QED) is 0.407. The number of thiocarbonyl (C=S) groups is 2.